The van der Waals surface area contributed by atoms with Gasteiger partial charge < -0.3 is 5.32 Å². The van der Waals surface area contributed by atoms with Crippen LogP contribution in [0.15, 0.2) is 35.7 Å². The lowest BCUT2D eigenvalue weighted by atomic mass is 10.1. The van der Waals surface area contributed by atoms with Crippen LogP contribution in [0.2, 0.25) is 0 Å². The van der Waals surface area contributed by atoms with Crippen LogP contribution < -0.4 is 10.0 Å². The fraction of sp³-hybridized carbons (Fsp3) is 0.286. The van der Waals surface area contributed by atoms with Gasteiger partial charge >= 0.3 is 0 Å². The molecule has 2 aromatic rings. The predicted molar refractivity (Wildman–Crippen MR) is 81.5 cm³/mol. The molecule has 0 unspecified atom stereocenters. The molecule has 1 aromatic heterocycles. The third kappa shape index (κ3) is 3.56. The molecule has 0 bridgehead atoms. The Hall–Kier alpha value is -1.99. The van der Waals surface area contributed by atoms with Crippen LogP contribution in [0.3, 0.4) is 0 Å². The van der Waals surface area contributed by atoms with Gasteiger partial charge in [0, 0.05) is 6.54 Å². The Bertz CT molecular complexity index is 730. The maximum Gasteiger partial charge on any atom is 0.262 e. The number of nitrogens with one attached hydrogen (secondary N) is 2. The van der Waals surface area contributed by atoms with Crippen LogP contribution in [-0.4, -0.2) is 25.4 Å². The van der Waals surface area contributed by atoms with E-state index in [1.807, 2.05) is 20.0 Å². The maximum atomic E-state index is 12.5. The first-order chi connectivity index (χ1) is 9.94. The number of anilines is 1. The van der Waals surface area contributed by atoms with Crippen molar-refractivity contribution in [2.24, 2.45) is 0 Å². The molecule has 1 aromatic carbocycles. The first kappa shape index (κ1) is 15.4. The van der Waals surface area contributed by atoms with Gasteiger partial charge in [-0.05, 0) is 43.7 Å². The van der Waals surface area contributed by atoms with E-state index in [4.69, 9.17) is 0 Å². The summed E-state index contributed by atoms with van der Waals surface area (Å²) in [7, 11) is -1.83. The lowest BCUT2D eigenvalue weighted by Crippen LogP contribution is -2.16. The second kappa shape index (κ2) is 6.19. The van der Waals surface area contributed by atoms with Gasteiger partial charge in [-0.15, -0.1) is 0 Å². The number of benzene rings is 1. The lowest BCUT2D eigenvalue weighted by Gasteiger charge is -2.13. The Balaban J connectivity index is 2.42. The van der Waals surface area contributed by atoms with E-state index in [1.165, 1.54) is 18.7 Å². The zero-order valence-corrected chi connectivity index (χ0v) is 13.0. The quantitative estimate of drug-likeness (QED) is 0.877. The first-order valence-corrected chi connectivity index (χ1v) is 7.95. The van der Waals surface area contributed by atoms with Crippen LogP contribution in [0, 0.1) is 13.8 Å². The Morgan fingerprint density at radius 2 is 1.76 bits per heavy atom. The van der Waals surface area contributed by atoms with E-state index >= 15 is 0 Å². The average molecular weight is 306 g/mol. The molecular weight excluding hydrogens is 288 g/mol. The highest BCUT2D eigenvalue weighted by atomic mass is 32.2. The molecule has 21 heavy (non-hydrogen) atoms. The summed E-state index contributed by atoms with van der Waals surface area (Å²) >= 11 is 0. The normalized spacial score (nSPS) is 11.4. The Morgan fingerprint density at radius 1 is 1.10 bits per heavy atom. The van der Waals surface area contributed by atoms with Gasteiger partial charge in [0.2, 0.25) is 0 Å². The van der Waals surface area contributed by atoms with Crippen LogP contribution in [0.1, 0.15) is 16.7 Å². The molecule has 112 valence electrons. The summed E-state index contributed by atoms with van der Waals surface area (Å²) in [6, 6.07) is 3.58. The molecule has 1 heterocycles. The molecule has 0 saturated carbocycles. The zero-order valence-electron chi connectivity index (χ0n) is 12.2. The van der Waals surface area contributed by atoms with Crippen molar-refractivity contribution >= 4 is 15.7 Å². The van der Waals surface area contributed by atoms with Crippen LogP contribution in [0.5, 0.6) is 0 Å². The molecule has 0 saturated heterocycles. The van der Waals surface area contributed by atoms with E-state index in [9.17, 15) is 8.42 Å². The molecule has 2 N–H and O–H groups in total. The summed E-state index contributed by atoms with van der Waals surface area (Å²) in [5.41, 5.74) is 3.06. The van der Waals surface area contributed by atoms with Gasteiger partial charge in [0.15, 0.2) is 0 Å². The van der Waals surface area contributed by atoms with Crippen LogP contribution >= 0.6 is 0 Å². The van der Waals surface area contributed by atoms with Crippen LogP contribution in [0.25, 0.3) is 0 Å². The third-order valence-corrected chi connectivity index (χ3v) is 4.63. The Kier molecular flexibility index (Phi) is 4.54. The van der Waals surface area contributed by atoms with Crippen molar-refractivity contribution < 1.29 is 8.42 Å². The SMILES string of the molecule is CNCc1cc(S(=O)(=O)Nc2cncnc2)c(C)cc1C. The number of aryl methyl sites for hydroxylation is 2. The highest BCUT2D eigenvalue weighted by Gasteiger charge is 2.18. The second-order valence-electron chi connectivity index (χ2n) is 4.81. The van der Waals surface area contributed by atoms with E-state index in [1.54, 1.807) is 13.0 Å². The van der Waals surface area contributed by atoms with E-state index in [2.05, 4.69) is 20.0 Å². The van der Waals surface area contributed by atoms with E-state index in [-0.39, 0.29) is 4.90 Å². The number of aromatic nitrogens is 2. The van der Waals surface area contributed by atoms with Crippen molar-refractivity contribution in [2.45, 2.75) is 25.3 Å². The number of sulfonamides is 1. The lowest BCUT2D eigenvalue weighted by molar-refractivity contribution is 0.600. The van der Waals surface area contributed by atoms with Crippen LogP contribution in [-0.2, 0) is 16.6 Å². The fourth-order valence-corrected chi connectivity index (χ4v) is 3.41. The summed E-state index contributed by atoms with van der Waals surface area (Å²) < 4.78 is 27.5. The van der Waals surface area contributed by atoms with Crippen molar-refractivity contribution in [3.63, 3.8) is 0 Å². The summed E-state index contributed by atoms with van der Waals surface area (Å²) in [4.78, 5) is 7.86. The third-order valence-electron chi connectivity index (χ3n) is 3.10. The molecule has 0 aliphatic carbocycles. The number of nitrogens with zero attached hydrogens (tertiary/aromatic N) is 2. The highest BCUT2D eigenvalue weighted by molar-refractivity contribution is 7.92. The maximum absolute atomic E-state index is 12.5. The smallest absolute Gasteiger partial charge is 0.262 e. The standard InChI is InChI=1S/C14H18N4O2S/c1-10-4-11(2)14(5-12(10)6-15-3)21(19,20)18-13-7-16-9-17-8-13/h4-5,7-9,15,18H,6H2,1-3H3. The fourth-order valence-electron chi connectivity index (χ4n) is 2.11. The summed E-state index contributed by atoms with van der Waals surface area (Å²) in [5.74, 6) is 0. The van der Waals surface area contributed by atoms with E-state index in [0.717, 1.165) is 11.1 Å². The molecule has 0 radical (unpaired) electrons. The number of hydrogen-bond donors (Lipinski definition) is 2. The van der Waals surface area contributed by atoms with Gasteiger partial charge in [-0.2, -0.15) is 0 Å². The largest absolute Gasteiger partial charge is 0.316 e. The monoisotopic (exact) mass is 306 g/mol. The molecular formula is C14H18N4O2S. The molecule has 6 nitrogen and oxygen atoms in total. The van der Waals surface area contributed by atoms with Gasteiger partial charge in [0.05, 0.1) is 23.0 Å². The van der Waals surface area contributed by atoms with Crippen molar-refractivity contribution in [3.05, 3.63) is 47.5 Å². The van der Waals surface area contributed by atoms with Gasteiger partial charge in [-0.1, -0.05) is 6.07 Å². The minimum atomic E-state index is -3.66. The molecule has 0 amide bonds. The molecule has 0 aliphatic rings. The number of rotatable bonds is 5. The Labute approximate surface area is 124 Å². The van der Waals surface area contributed by atoms with Gasteiger partial charge in [0.1, 0.15) is 6.33 Å². The molecule has 7 heteroatoms. The molecule has 0 spiro atoms. The number of hydrogen-bond acceptors (Lipinski definition) is 5. The van der Waals surface area contributed by atoms with Gasteiger partial charge in [-0.25, -0.2) is 18.4 Å². The second-order valence-corrected chi connectivity index (χ2v) is 6.46. The van der Waals surface area contributed by atoms with E-state index < -0.39 is 10.0 Å². The molecule has 2 rings (SSSR count). The molecule has 0 aliphatic heterocycles. The van der Waals surface area contributed by atoms with Crippen LogP contribution in [0.4, 0.5) is 5.69 Å². The van der Waals surface area contributed by atoms with Crippen molar-refractivity contribution in [1.82, 2.24) is 15.3 Å². The minimum Gasteiger partial charge on any atom is -0.316 e. The van der Waals surface area contributed by atoms with Crippen molar-refractivity contribution in [2.75, 3.05) is 11.8 Å². The summed E-state index contributed by atoms with van der Waals surface area (Å²) in [6.07, 6.45) is 4.19. The van der Waals surface area contributed by atoms with E-state index in [0.29, 0.717) is 17.8 Å². The highest BCUT2D eigenvalue weighted by Crippen LogP contribution is 2.22. The summed E-state index contributed by atoms with van der Waals surface area (Å²) in [5, 5.41) is 3.04. The molecule has 0 fully saturated rings. The Morgan fingerprint density at radius 3 is 2.38 bits per heavy atom. The zero-order chi connectivity index (χ0) is 15.5. The van der Waals surface area contributed by atoms with Gasteiger partial charge in [0.25, 0.3) is 10.0 Å². The first-order valence-electron chi connectivity index (χ1n) is 6.46. The van der Waals surface area contributed by atoms with Gasteiger partial charge in [-0.3, -0.25) is 4.72 Å². The average Bonchev–Trinajstić information content (AvgIpc) is 2.42. The molecule has 0 atom stereocenters. The summed E-state index contributed by atoms with van der Waals surface area (Å²) in [6.45, 7) is 4.36. The van der Waals surface area contributed by atoms with Crippen molar-refractivity contribution in [3.8, 4) is 0 Å². The predicted octanol–water partition coefficient (Wildman–Crippen LogP) is 1.61. The minimum absolute atomic E-state index is 0.266. The van der Waals surface area contributed by atoms with Crippen molar-refractivity contribution in [1.29, 1.82) is 0 Å². The topological polar surface area (TPSA) is 84.0 Å².